The molecule has 2 rings (SSSR count). The standard InChI is InChI=1S/C20H24Cl2N2O/c1-24(2)18(12-15-6-4-3-5-7-15)14-23-20(25)11-9-16-8-10-17(21)13-19(16)22/h3-8,10,13,18H,9,11-12,14H2,1-2H3,(H,23,25). The van der Waals surface area contributed by atoms with E-state index in [2.05, 4.69) is 22.3 Å². The molecule has 0 spiro atoms. The maximum Gasteiger partial charge on any atom is 0.220 e. The van der Waals surface area contributed by atoms with Gasteiger partial charge in [-0.25, -0.2) is 0 Å². The Morgan fingerprint density at radius 2 is 1.84 bits per heavy atom. The zero-order chi connectivity index (χ0) is 18.2. The van der Waals surface area contributed by atoms with Crippen LogP contribution in [0, 0.1) is 0 Å². The first kappa shape index (κ1) is 19.8. The van der Waals surface area contributed by atoms with Gasteiger partial charge in [0.25, 0.3) is 0 Å². The highest BCUT2D eigenvalue weighted by atomic mass is 35.5. The lowest BCUT2D eigenvalue weighted by Crippen LogP contribution is -2.41. The van der Waals surface area contributed by atoms with Gasteiger partial charge in [-0.15, -0.1) is 0 Å². The van der Waals surface area contributed by atoms with Crippen LogP contribution in [0.15, 0.2) is 48.5 Å². The number of halogens is 2. The number of benzene rings is 2. The van der Waals surface area contributed by atoms with Gasteiger partial charge in [0.1, 0.15) is 0 Å². The van der Waals surface area contributed by atoms with E-state index in [1.807, 2.05) is 38.4 Å². The quantitative estimate of drug-likeness (QED) is 0.745. The van der Waals surface area contributed by atoms with Crippen LogP contribution in [0.3, 0.4) is 0 Å². The van der Waals surface area contributed by atoms with Crippen molar-refractivity contribution in [2.24, 2.45) is 0 Å². The topological polar surface area (TPSA) is 32.3 Å². The third-order valence-electron chi connectivity index (χ3n) is 4.22. The van der Waals surface area contributed by atoms with Crippen molar-refractivity contribution >= 4 is 29.1 Å². The molecule has 0 saturated heterocycles. The van der Waals surface area contributed by atoms with Crippen molar-refractivity contribution in [1.82, 2.24) is 10.2 Å². The van der Waals surface area contributed by atoms with Gasteiger partial charge in [0.05, 0.1) is 0 Å². The van der Waals surface area contributed by atoms with Crippen LogP contribution in [-0.4, -0.2) is 37.5 Å². The number of carbonyl (C=O) groups excluding carboxylic acids is 1. The Morgan fingerprint density at radius 1 is 1.12 bits per heavy atom. The SMILES string of the molecule is CN(C)C(CNC(=O)CCc1ccc(Cl)cc1Cl)Cc1ccccc1. The summed E-state index contributed by atoms with van der Waals surface area (Å²) >= 11 is 12.0. The van der Waals surface area contributed by atoms with Crippen molar-refractivity contribution in [2.45, 2.75) is 25.3 Å². The van der Waals surface area contributed by atoms with E-state index >= 15 is 0 Å². The molecule has 0 aliphatic heterocycles. The Kier molecular flexibility index (Phi) is 7.76. The van der Waals surface area contributed by atoms with E-state index in [0.29, 0.717) is 29.4 Å². The number of nitrogens with zero attached hydrogens (tertiary/aromatic N) is 1. The summed E-state index contributed by atoms with van der Waals surface area (Å²) < 4.78 is 0. The fourth-order valence-corrected chi connectivity index (χ4v) is 3.12. The van der Waals surface area contributed by atoms with E-state index in [1.165, 1.54) is 5.56 Å². The molecule has 0 fully saturated rings. The van der Waals surface area contributed by atoms with Gasteiger partial charge in [-0.05, 0) is 50.2 Å². The first-order chi connectivity index (χ1) is 12.0. The highest BCUT2D eigenvalue weighted by Gasteiger charge is 2.14. The summed E-state index contributed by atoms with van der Waals surface area (Å²) in [6.07, 6.45) is 1.91. The Balaban J connectivity index is 1.82. The van der Waals surface area contributed by atoms with E-state index in [1.54, 1.807) is 12.1 Å². The summed E-state index contributed by atoms with van der Waals surface area (Å²) in [7, 11) is 4.07. The summed E-state index contributed by atoms with van der Waals surface area (Å²) in [6, 6.07) is 15.9. The highest BCUT2D eigenvalue weighted by Crippen LogP contribution is 2.22. The molecule has 3 nitrogen and oxygen atoms in total. The highest BCUT2D eigenvalue weighted by molar-refractivity contribution is 6.35. The van der Waals surface area contributed by atoms with Gasteiger partial charge in [-0.1, -0.05) is 59.6 Å². The third kappa shape index (κ3) is 6.69. The molecule has 25 heavy (non-hydrogen) atoms. The molecule has 0 saturated carbocycles. The minimum absolute atomic E-state index is 0.0333. The summed E-state index contributed by atoms with van der Waals surface area (Å²) in [5.41, 5.74) is 2.21. The van der Waals surface area contributed by atoms with Crippen LogP contribution in [0.5, 0.6) is 0 Å². The van der Waals surface area contributed by atoms with Crippen molar-refractivity contribution in [3.05, 3.63) is 69.7 Å². The predicted molar refractivity (Wildman–Crippen MR) is 105 cm³/mol. The fourth-order valence-electron chi connectivity index (χ4n) is 2.62. The number of nitrogens with one attached hydrogen (secondary N) is 1. The zero-order valence-electron chi connectivity index (χ0n) is 14.6. The maximum absolute atomic E-state index is 12.2. The predicted octanol–water partition coefficient (Wildman–Crippen LogP) is 4.22. The van der Waals surface area contributed by atoms with Gasteiger partial charge in [-0.2, -0.15) is 0 Å². The average molecular weight is 379 g/mol. The van der Waals surface area contributed by atoms with Crippen LogP contribution in [-0.2, 0) is 17.6 Å². The molecule has 134 valence electrons. The molecule has 0 aromatic heterocycles. The first-order valence-corrected chi connectivity index (χ1v) is 9.12. The van der Waals surface area contributed by atoms with Crippen molar-refractivity contribution in [1.29, 1.82) is 0 Å². The summed E-state index contributed by atoms with van der Waals surface area (Å²) in [6.45, 7) is 0.620. The lowest BCUT2D eigenvalue weighted by atomic mass is 10.0. The third-order valence-corrected chi connectivity index (χ3v) is 4.80. The number of carbonyl (C=O) groups is 1. The van der Waals surface area contributed by atoms with Gasteiger partial charge in [0.2, 0.25) is 5.91 Å². The molecular formula is C20H24Cl2N2O. The summed E-state index contributed by atoms with van der Waals surface area (Å²) in [4.78, 5) is 14.3. The van der Waals surface area contributed by atoms with Gasteiger partial charge < -0.3 is 10.2 Å². The Morgan fingerprint density at radius 3 is 2.48 bits per heavy atom. The second kappa shape index (κ2) is 9.81. The fraction of sp³-hybridized carbons (Fsp3) is 0.350. The van der Waals surface area contributed by atoms with Gasteiger partial charge in [0.15, 0.2) is 0 Å². The van der Waals surface area contributed by atoms with E-state index in [0.717, 1.165) is 12.0 Å². The van der Waals surface area contributed by atoms with Crippen LogP contribution >= 0.6 is 23.2 Å². The van der Waals surface area contributed by atoms with Crippen LogP contribution in [0.25, 0.3) is 0 Å². The lowest BCUT2D eigenvalue weighted by molar-refractivity contribution is -0.121. The normalized spacial score (nSPS) is 12.2. The Hall–Kier alpha value is -1.55. The van der Waals surface area contributed by atoms with Crippen molar-refractivity contribution in [2.75, 3.05) is 20.6 Å². The zero-order valence-corrected chi connectivity index (χ0v) is 16.1. The summed E-state index contributed by atoms with van der Waals surface area (Å²) in [5, 5.41) is 4.25. The molecule has 0 aliphatic carbocycles. The number of likely N-dealkylation sites (N-methyl/N-ethyl adjacent to an activating group) is 1. The molecule has 0 aliphatic rings. The molecule has 1 unspecified atom stereocenters. The summed E-state index contributed by atoms with van der Waals surface area (Å²) in [5.74, 6) is 0.0333. The number of hydrogen-bond acceptors (Lipinski definition) is 2. The molecule has 0 bridgehead atoms. The maximum atomic E-state index is 12.2. The van der Waals surface area contributed by atoms with E-state index in [9.17, 15) is 4.79 Å². The van der Waals surface area contributed by atoms with Gasteiger partial charge in [0, 0.05) is 29.1 Å². The Labute approximate surface area is 159 Å². The second-order valence-electron chi connectivity index (χ2n) is 6.35. The van der Waals surface area contributed by atoms with Crippen molar-refractivity contribution in [3.8, 4) is 0 Å². The van der Waals surface area contributed by atoms with Crippen LogP contribution < -0.4 is 5.32 Å². The van der Waals surface area contributed by atoms with Gasteiger partial charge in [-0.3, -0.25) is 4.79 Å². The van der Waals surface area contributed by atoms with E-state index in [4.69, 9.17) is 23.2 Å². The number of rotatable bonds is 8. The minimum atomic E-state index is 0.0333. The molecule has 5 heteroatoms. The van der Waals surface area contributed by atoms with Crippen molar-refractivity contribution < 1.29 is 4.79 Å². The lowest BCUT2D eigenvalue weighted by Gasteiger charge is -2.24. The smallest absolute Gasteiger partial charge is 0.220 e. The number of aryl methyl sites for hydroxylation is 1. The van der Waals surface area contributed by atoms with Gasteiger partial charge >= 0.3 is 0 Å². The van der Waals surface area contributed by atoms with Crippen LogP contribution in [0.2, 0.25) is 10.0 Å². The largest absolute Gasteiger partial charge is 0.355 e. The number of amides is 1. The molecular weight excluding hydrogens is 355 g/mol. The van der Waals surface area contributed by atoms with Crippen LogP contribution in [0.4, 0.5) is 0 Å². The molecule has 0 radical (unpaired) electrons. The molecule has 1 atom stereocenters. The Bertz CT molecular complexity index is 689. The average Bonchev–Trinajstić information content (AvgIpc) is 2.58. The van der Waals surface area contributed by atoms with E-state index in [-0.39, 0.29) is 11.9 Å². The monoisotopic (exact) mass is 378 g/mol. The first-order valence-electron chi connectivity index (χ1n) is 8.36. The second-order valence-corrected chi connectivity index (χ2v) is 7.19. The minimum Gasteiger partial charge on any atom is -0.355 e. The molecule has 2 aromatic carbocycles. The van der Waals surface area contributed by atoms with E-state index < -0.39 is 0 Å². The molecule has 2 aromatic rings. The molecule has 1 N–H and O–H groups in total. The van der Waals surface area contributed by atoms with Crippen molar-refractivity contribution in [3.63, 3.8) is 0 Å². The molecule has 0 heterocycles. The number of hydrogen-bond donors (Lipinski definition) is 1. The molecule has 1 amide bonds. The van der Waals surface area contributed by atoms with Crippen LogP contribution in [0.1, 0.15) is 17.5 Å².